The van der Waals surface area contributed by atoms with Gasteiger partial charge in [-0.1, -0.05) is 48.5 Å². The number of anilines is 1. The van der Waals surface area contributed by atoms with Crippen molar-refractivity contribution in [3.8, 4) is 17.2 Å². The molecule has 1 aliphatic heterocycles. The fourth-order valence-corrected chi connectivity index (χ4v) is 6.81. The first-order valence-electron chi connectivity index (χ1n) is 15.9. The van der Waals surface area contributed by atoms with Gasteiger partial charge < -0.3 is 24.6 Å². The summed E-state index contributed by atoms with van der Waals surface area (Å²) < 4.78 is 35.2. The number of nitrogens with zero attached hydrogens (tertiary/aromatic N) is 6. The molecule has 0 saturated carbocycles. The number of nitrogens with one attached hydrogen (secondary N) is 1. The number of hydrogen-bond donors (Lipinski definition) is 2. The minimum atomic E-state index is -4.30. The molecular weight excluding hydrogens is 653 g/mol. The van der Waals surface area contributed by atoms with Crippen LogP contribution in [0.1, 0.15) is 55.4 Å². The summed E-state index contributed by atoms with van der Waals surface area (Å²) in [6.07, 6.45) is 3.06. The van der Waals surface area contributed by atoms with Crippen molar-refractivity contribution in [3.05, 3.63) is 72.3 Å². The highest BCUT2D eigenvalue weighted by atomic mass is 31.2. The van der Waals surface area contributed by atoms with Crippen molar-refractivity contribution in [1.29, 1.82) is 5.26 Å². The summed E-state index contributed by atoms with van der Waals surface area (Å²) in [7, 11) is -2.65. The molecule has 0 bridgehead atoms. The second kappa shape index (κ2) is 15.2. The number of fused-ring (bicyclic) bond motifs is 4. The lowest BCUT2D eigenvalue weighted by Crippen LogP contribution is -2.30. The molecule has 3 atom stereocenters. The smallest absolute Gasteiger partial charge is 0.448 e. The van der Waals surface area contributed by atoms with Crippen LogP contribution in [0.5, 0.6) is 0 Å². The van der Waals surface area contributed by atoms with Crippen LogP contribution in [-0.2, 0) is 27.9 Å². The van der Waals surface area contributed by atoms with Gasteiger partial charge in [0.25, 0.3) is 0 Å². The first-order valence-corrected chi connectivity index (χ1v) is 17.4. The van der Waals surface area contributed by atoms with Gasteiger partial charge in [0.15, 0.2) is 17.0 Å². The molecular formula is C33H36N7O8P. The molecule has 3 heterocycles. The molecule has 2 aromatic carbocycles. The van der Waals surface area contributed by atoms with Crippen molar-refractivity contribution in [2.75, 3.05) is 38.7 Å². The van der Waals surface area contributed by atoms with E-state index in [9.17, 15) is 19.0 Å². The Morgan fingerprint density at radius 2 is 1.82 bits per heavy atom. The number of nitriles is 1. The Morgan fingerprint density at radius 3 is 2.55 bits per heavy atom. The van der Waals surface area contributed by atoms with E-state index in [4.69, 9.17) is 23.8 Å². The Morgan fingerprint density at radius 1 is 1.08 bits per heavy atom. The minimum absolute atomic E-state index is 0.0328. The predicted octanol–water partition coefficient (Wildman–Crippen LogP) is 5.15. The lowest BCUT2D eigenvalue weighted by atomic mass is 9.98. The lowest BCUT2D eigenvalue weighted by molar-refractivity contribution is -0.116. The van der Waals surface area contributed by atoms with Crippen molar-refractivity contribution < 1.29 is 37.6 Å². The van der Waals surface area contributed by atoms with Gasteiger partial charge in [-0.15, -0.1) is 0 Å². The van der Waals surface area contributed by atoms with Crippen LogP contribution < -0.4 is 5.32 Å². The molecule has 49 heavy (non-hydrogen) atoms. The highest BCUT2D eigenvalue weighted by Gasteiger charge is 2.32. The standard InChI is InChI=1S/C33H36N7O8P/c1-39(33(42)45-19-27-25-10-4-2-8-23(25)24-9-3-5-11-26(24)27)16-6-12-28(41)38-31-30-32(36-20-35-31)40(21-37-30)29-14-13-22(48-29)18-47-49(43,44)46-17-7-15-34/h2-5,8-11,20-22,27,29H,6-7,12-14,16-19H2,1H3,(H,43,44)(H,35,36,38,41)/t22-,29?/m0/s1. The highest BCUT2D eigenvalue weighted by Crippen LogP contribution is 2.45. The van der Waals surface area contributed by atoms with Crippen LogP contribution in [0.2, 0.25) is 0 Å². The maximum Gasteiger partial charge on any atom is 0.472 e. The van der Waals surface area contributed by atoms with E-state index in [1.165, 1.54) is 17.6 Å². The molecule has 2 N–H and O–H groups in total. The third kappa shape index (κ3) is 7.96. The monoisotopic (exact) mass is 689 g/mol. The number of imidazole rings is 1. The van der Waals surface area contributed by atoms with E-state index < -0.39 is 26.2 Å². The lowest BCUT2D eigenvalue weighted by Gasteiger charge is -2.19. The Labute approximate surface area is 282 Å². The number of benzene rings is 2. The summed E-state index contributed by atoms with van der Waals surface area (Å²) in [5, 5.41) is 11.3. The van der Waals surface area contributed by atoms with Gasteiger partial charge >= 0.3 is 13.9 Å². The number of hydrogen-bond acceptors (Lipinski definition) is 11. The van der Waals surface area contributed by atoms with Crippen LogP contribution >= 0.6 is 7.82 Å². The molecule has 256 valence electrons. The number of rotatable bonds is 14. The average Bonchev–Trinajstić information content (AvgIpc) is 3.83. The molecule has 15 nitrogen and oxygen atoms in total. The third-order valence-corrected chi connectivity index (χ3v) is 9.43. The van der Waals surface area contributed by atoms with Crippen molar-refractivity contribution in [2.45, 2.75) is 50.4 Å². The number of phosphoric acid groups is 1. The first-order chi connectivity index (χ1) is 23.7. The van der Waals surface area contributed by atoms with E-state index >= 15 is 0 Å². The van der Waals surface area contributed by atoms with E-state index in [0.717, 1.165) is 22.3 Å². The molecule has 2 unspecified atom stereocenters. The van der Waals surface area contributed by atoms with Gasteiger partial charge in [-0.3, -0.25) is 18.4 Å². The molecule has 4 aromatic rings. The zero-order valence-corrected chi connectivity index (χ0v) is 27.7. The molecule has 2 amide bonds. The molecule has 1 fully saturated rings. The summed E-state index contributed by atoms with van der Waals surface area (Å²) in [6, 6.07) is 18.1. The predicted molar refractivity (Wildman–Crippen MR) is 176 cm³/mol. The fraction of sp³-hybridized carbons (Fsp3) is 0.394. The average molecular weight is 690 g/mol. The van der Waals surface area contributed by atoms with Gasteiger partial charge in [-0.05, 0) is 41.5 Å². The summed E-state index contributed by atoms with van der Waals surface area (Å²) in [5.41, 5.74) is 5.41. The van der Waals surface area contributed by atoms with Gasteiger partial charge in [0.1, 0.15) is 19.2 Å². The van der Waals surface area contributed by atoms with Gasteiger partial charge in [-0.2, -0.15) is 5.26 Å². The van der Waals surface area contributed by atoms with Crippen molar-refractivity contribution in [3.63, 3.8) is 0 Å². The van der Waals surface area contributed by atoms with Gasteiger partial charge in [0.2, 0.25) is 5.91 Å². The van der Waals surface area contributed by atoms with Gasteiger partial charge in [-0.25, -0.2) is 24.3 Å². The van der Waals surface area contributed by atoms with Crippen molar-refractivity contribution in [1.82, 2.24) is 24.4 Å². The Balaban J connectivity index is 0.962. The number of aromatic nitrogens is 4. The van der Waals surface area contributed by atoms with Crippen molar-refractivity contribution >= 4 is 36.8 Å². The van der Waals surface area contributed by atoms with Crippen LogP contribution in [0.15, 0.2) is 61.2 Å². The zero-order valence-electron chi connectivity index (χ0n) is 26.8. The Bertz CT molecular complexity index is 1870. The largest absolute Gasteiger partial charge is 0.472 e. The molecule has 2 aliphatic rings. The summed E-state index contributed by atoms with van der Waals surface area (Å²) in [4.78, 5) is 49.8. The zero-order chi connectivity index (χ0) is 34.4. The van der Waals surface area contributed by atoms with Gasteiger partial charge in [0.05, 0.1) is 38.1 Å². The van der Waals surface area contributed by atoms with Crippen LogP contribution in [0, 0.1) is 11.3 Å². The summed E-state index contributed by atoms with van der Waals surface area (Å²) in [6.45, 7) is 0.157. The molecule has 2 aromatic heterocycles. The van der Waals surface area contributed by atoms with E-state index in [2.05, 4.69) is 44.5 Å². The highest BCUT2D eigenvalue weighted by molar-refractivity contribution is 7.47. The summed E-state index contributed by atoms with van der Waals surface area (Å²) >= 11 is 0. The van der Waals surface area contributed by atoms with Crippen LogP contribution in [0.25, 0.3) is 22.3 Å². The number of carbonyl (C=O) groups excluding carboxylic acids is 2. The molecule has 6 rings (SSSR count). The normalized spacial score (nSPS) is 18.0. The maximum absolute atomic E-state index is 12.8. The summed E-state index contributed by atoms with van der Waals surface area (Å²) in [5.74, 6) is -0.0881. The molecule has 0 spiro atoms. The van der Waals surface area contributed by atoms with Gasteiger partial charge in [0, 0.05) is 25.9 Å². The number of carbonyl (C=O) groups is 2. The SMILES string of the molecule is CN(CCCC(=O)Nc1ncnc2c1ncn2C1CC[C@@H](COP(=O)(O)OCCC#N)O1)C(=O)OCC1c2ccccc2-c2ccccc21. The van der Waals surface area contributed by atoms with E-state index in [0.29, 0.717) is 37.0 Å². The fourth-order valence-electron chi connectivity index (χ4n) is 6.06. The molecule has 1 saturated heterocycles. The van der Waals surface area contributed by atoms with E-state index in [-0.39, 0.29) is 50.3 Å². The number of ether oxygens (including phenoxy) is 2. The topological polar surface area (TPSA) is 191 Å². The Kier molecular flexibility index (Phi) is 10.6. The maximum atomic E-state index is 12.8. The number of amides is 2. The number of phosphoric ester groups is 1. The van der Waals surface area contributed by atoms with E-state index in [1.54, 1.807) is 11.6 Å². The Hall–Kier alpha value is -4.71. The van der Waals surface area contributed by atoms with Crippen LogP contribution in [0.3, 0.4) is 0 Å². The second-order valence-corrected chi connectivity index (χ2v) is 13.2. The first kappa shape index (κ1) is 34.2. The molecule has 1 aliphatic carbocycles. The molecule has 0 radical (unpaired) electrons. The van der Waals surface area contributed by atoms with Crippen LogP contribution in [-0.4, -0.2) is 80.8 Å². The van der Waals surface area contributed by atoms with E-state index in [1.807, 2.05) is 30.3 Å². The second-order valence-electron chi connectivity index (χ2n) is 11.7. The minimum Gasteiger partial charge on any atom is -0.448 e. The quantitative estimate of drug-likeness (QED) is 0.131. The van der Waals surface area contributed by atoms with Crippen LogP contribution in [0.4, 0.5) is 10.6 Å². The van der Waals surface area contributed by atoms with Crippen molar-refractivity contribution in [2.24, 2.45) is 0 Å². The molecule has 16 heteroatoms. The third-order valence-electron chi connectivity index (χ3n) is 8.45.